The summed E-state index contributed by atoms with van der Waals surface area (Å²) in [5.41, 5.74) is 7.06. The predicted octanol–water partition coefficient (Wildman–Crippen LogP) is 2.18. The van der Waals surface area contributed by atoms with E-state index in [0.717, 1.165) is 18.2 Å². The minimum atomic E-state index is 0.746. The van der Waals surface area contributed by atoms with Crippen LogP contribution >= 0.6 is 11.8 Å². The molecule has 64 valence electrons. The third-order valence-corrected chi connectivity index (χ3v) is 3.40. The zero-order chi connectivity index (χ0) is 8.10. The van der Waals surface area contributed by atoms with Crippen LogP contribution in [0.1, 0.15) is 26.2 Å². The molecule has 0 saturated carbocycles. The van der Waals surface area contributed by atoms with E-state index in [0.29, 0.717) is 0 Å². The Balaban J connectivity index is 2.40. The molecule has 1 atom stereocenters. The summed E-state index contributed by atoms with van der Waals surface area (Å²) in [7, 11) is 0. The highest BCUT2D eigenvalue weighted by atomic mass is 32.2. The molecule has 1 nitrogen and oxygen atoms in total. The first-order valence-corrected chi connectivity index (χ1v) is 5.40. The van der Waals surface area contributed by atoms with Crippen molar-refractivity contribution in [3.05, 3.63) is 11.6 Å². The summed E-state index contributed by atoms with van der Waals surface area (Å²) >= 11 is 2.07. The van der Waals surface area contributed by atoms with E-state index in [1.165, 1.54) is 18.6 Å². The van der Waals surface area contributed by atoms with Crippen molar-refractivity contribution in [2.45, 2.75) is 31.4 Å². The molecule has 0 aromatic heterocycles. The van der Waals surface area contributed by atoms with Crippen molar-refractivity contribution in [1.29, 1.82) is 0 Å². The van der Waals surface area contributed by atoms with E-state index in [-0.39, 0.29) is 0 Å². The van der Waals surface area contributed by atoms with Gasteiger partial charge in [-0.25, -0.2) is 0 Å². The second-order valence-corrected chi connectivity index (χ2v) is 4.42. The van der Waals surface area contributed by atoms with E-state index in [4.69, 9.17) is 5.73 Å². The molecule has 0 aromatic carbocycles. The summed E-state index contributed by atoms with van der Waals surface area (Å²) in [5, 5.41) is 0.746. The Morgan fingerprint density at radius 3 is 3.18 bits per heavy atom. The van der Waals surface area contributed by atoms with Gasteiger partial charge in [0.1, 0.15) is 0 Å². The summed E-state index contributed by atoms with van der Waals surface area (Å²) < 4.78 is 0. The van der Waals surface area contributed by atoms with Gasteiger partial charge in [0.05, 0.1) is 0 Å². The first kappa shape index (κ1) is 9.14. The van der Waals surface area contributed by atoms with Crippen LogP contribution in [0.5, 0.6) is 0 Å². The zero-order valence-corrected chi connectivity index (χ0v) is 7.99. The van der Waals surface area contributed by atoms with E-state index in [1.54, 1.807) is 5.57 Å². The van der Waals surface area contributed by atoms with Crippen molar-refractivity contribution in [1.82, 2.24) is 0 Å². The molecule has 0 bridgehead atoms. The quantitative estimate of drug-likeness (QED) is 0.644. The summed E-state index contributed by atoms with van der Waals surface area (Å²) in [6.07, 6.45) is 6.04. The van der Waals surface area contributed by atoms with E-state index in [1.807, 2.05) is 0 Å². The lowest BCUT2D eigenvalue weighted by atomic mass is 10.1. The van der Waals surface area contributed by atoms with E-state index < -0.39 is 0 Å². The lowest BCUT2D eigenvalue weighted by molar-refractivity contribution is 0.830. The molecule has 0 spiro atoms. The fourth-order valence-corrected chi connectivity index (χ4v) is 2.48. The van der Waals surface area contributed by atoms with E-state index >= 15 is 0 Å². The SMILES string of the molecule is CC1SCCCC1=CCCN. The number of rotatable bonds is 2. The highest BCUT2D eigenvalue weighted by molar-refractivity contribution is 8.00. The van der Waals surface area contributed by atoms with Gasteiger partial charge in [-0.3, -0.25) is 0 Å². The maximum atomic E-state index is 5.44. The Morgan fingerprint density at radius 1 is 1.73 bits per heavy atom. The molecule has 1 fully saturated rings. The first-order chi connectivity index (χ1) is 5.34. The molecule has 2 N–H and O–H groups in total. The topological polar surface area (TPSA) is 26.0 Å². The van der Waals surface area contributed by atoms with Gasteiger partial charge in [-0.2, -0.15) is 11.8 Å². The molecule has 2 heteroatoms. The fourth-order valence-electron chi connectivity index (χ4n) is 1.38. The highest BCUT2D eigenvalue weighted by Gasteiger charge is 2.13. The average molecular weight is 171 g/mol. The molecule has 0 aromatic rings. The third-order valence-electron chi connectivity index (χ3n) is 2.07. The first-order valence-electron chi connectivity index (χ1n) is 4.35. The van der Waals surface area contributed by atoms with Gasteiger partial charge in [-0.05, 0) is 38.5 Å². The van der Waals surface area contributed by atoms with Crippen molar-refractivity contribution in [2.75, 3.05) is 12.3 Å². The molecule has 1 saturated heterocycles. The Labute approximate surface area is 73.4 Å². The van der Waals surface area contributed by atoms with Crippen molar-refractivity contribution in [3.8, 4) is 0 Å². The molecule has 1 heterocycles. The zero-order valence-electron chi connectivity index (χ0n) is 7.18. The molecule has 1 aliphatic heterocycles. The third kappa shape index (κ3) is 2.88. The molecule has 1 rings (SSSR count). The maximum absolute atomic E-state index is 5.44. The summed E-state index contributed by atoms with van der Waals surface area (Å²) in [4.78, 5) is 0. The minimum absolute atomic E-state index is 0.746. The van der Waals surface area contributed by atoms with Crippen LogP contribution in [-0.4, -0.2) is 17.5 Å². The lowest BCUT2D eigenvalue weighted by Crippen LogP contribution is -2.09. The van der Waals surface area contributed by atoms with Crippen LogP contribution in [0.25, 0.3) is 0 Å². The van der Waals surface area contributed by atoms with Gasteiger partial charge >= 0.3 is 0 Å². The molecule has 11 heavy (non-hydrogen) atoms. The van der Waals surface area contributed by atoms with Crippen molar-refractivity contribution >= 4 is 11.8 Å². The monoisotopic (exact) mass is 171 g/mol. The minimum Gasteiger partial charge on any atom is -0.330 e. The molecule has 0 radical (unpaired) electrons. The predicted molar refractivity (Wildman–Crippen MR) is 52.9 cm³/mol. The van der Waals surface area contributed by atoms with Gasteiger partial charge < -0.3 is 5.73 Å². The average Bonchev–Trinajstić information content (AvgIpc) is 2.03. The maximum Gasteiger partial charge on any atom is 0.0228 e. The van der Waals surface area contributed by atoms with Gasteiger partial charge in [0.25, 0.3) is 0 Å². The van der Waals surface area contributed by atoms with E-state index in [9.17, 15) is 0 Å². The highest BCUT2D eigenvalue weighted by Crippen LogP contribution is 2.29. The molecule has 0 aliphatic carbocycles. The summed E-state index contributed by atoms with van der Waals surface area (Å²) in [5.74, 6) is 1.33. The van der Waals surface area contributed by atoms with Crippen LogP contribution in [-0.2, 0) is 0 Å². The van der Waals surface area contributed by atoms with Gasteiger partial charge in [0.15, 0.2) is 0 Å². The molecule has 1 aliphatic rings. The van der Waals surface area contributed by atoms with Crippen LogP contribution in [0, 0.1) is 0 Å². The largest absolute Gasteiger partial charge is 0.330 e. The molecule has 0 amide bonds. The van der Waals surface area contributed by atoms with Gasteiger partial charge in [-0.15, -0.1) is 0 Å². The second-order valence-electron chi connectivity index (χ2n) is 2.97. The fraction of sp³-hybridized carbons (Fsp3) is 0.778. The van der Waals surface area contributed by atoms with Crippen LogP contribution in [0.3, 0.4) is 0 Å². The smallest absolute Gasteiger partial charge is 0.0228 e. The van der Waals surface area contributed by atoms with Gasteiger partial charge in [-0.1, -0.05) is 11.6 Å². The normalized spacial score (nSPS) is 29.3. The molecule has 1 unspecified atom stereocenters. The second kappa shape index (κ2) is 4.83. The van der Waals surface area contributed by atoms with Crippen molar-refractivity contribution in [2.24, 2.45) is 5.73 Å². The molecular formula is C9H17NS. The van der Waals surface area contributed by atoms with Crippen LogP contribution in [0.4, 0.5) is 0 Å². The molecular weight excluding hydrogens is 154 g/mol. The number of nitrogens with two attached hydrogens (primary N) is 1. The van der Waals surface area contributed by atoms with E-state index in [2.05, 4.69) is 24.8 Å². The number of thioether (sulfide) groups is 1. The Kier molecular flexibility index (Phi) is 4.02. The van der Waals surface area contributed by atoms with Crippen LogP contribution < -0.4 is 5.73 Å². The Bertz CT molecular complexity index is 142. The summed E-state index contributed by atoms with van der Waals surface area (Å²) in [6, 6.07) is 0. The van der Waals surface area contributed by atoms with Crippen LogP contribution in [0.15, 0.2) is 11.6 Å². The Morgan fingerprint density at radius 2 is 2.55 bits per heavy atom. The standard InChI is InChI=1S/C9H17NS/c1-8-9(4-2-6-10)5-3-7-11-8/h4,8H,2-3,5-7,10H2,1H3. The number of hydrogen-bond donors (Lipinski definition) is 1. The number of hydrogen-bond acceptors (Lipinski definition) is 2. The van der Waals surface area contributed by atoms with Crippen molar-refractivity contribution in [3.63, 3.8) is 0 Å². The van der Waals surface area contributed by atoms with Crippen molar-refractivity contribution < 1.29 is 0 Å². The van der Waals surface area contributed by atoms with Gasteiger partial charge in [0, 0.05) is 5.25 Å². The summed E-state index contributed by atoms with van der Waals surface area (Å²) in [6.45, 7) is 3.09. The van der Waals surface area contributed by atoms with Gasteiger partial charge in [0.2, 0.25) is 0 Å². The Hall–Kier alpha value is 0.0500. The van der Waals surface area contributed by atoms with Crippen LogP contribution in [0.2, 0.25) is 0 Å². The lowest BCUT2D eigenvalue weighted by Gasteiger charge is -2.21.